The van der Waals surface area contributed by atoms with Crippen LogP contribution in [0.2, 0.25) is 10.0 Å². The van der Waals surface area contributed by atoms with Crippen molar-refractivity contribution in [3.63, 3.8) is 0 Å². The van der Waals surface area contributed by atoms with Crippen LogP contribution in [-0.2, 0) is 4.79 Å². The van der Waals surface area contributed by atoms with Gasteiger partial charge in [0, 0.05) is 28.7 Å². The number of hydrogen-bond acceptors (Lipinski definition) is 3. The van der Waals surface area contributed by atoms with E-state index in [4.69, 9.17) is 23.2 Å². The molecule has 0 aliphatic carbocycles. The molecule has 1 unspecified atom stereocenters. The van der Waals surface area contributed by atoms with Gasteiger partial charge in [-0.3, -0.25) is 4.79 Å². The molecule has 140 valence electrons. The third kappa shape index (κ3) is 8.95. The number of amides is 1. The molecule has 1 aromatic carbocycles. The van der Waals surface area contributed by atoms with Crippen LogP contribution in [0.5, 0.6) is 0 Å². The van der Waals surface area contributed by atoms with E-state index in [1.165, 1.54) is 0 Å². The number of aliphatic hydroxyl groups excluding tert-OH is 1. The lowest BCUT2D eigenvalue weighted by Gasteiger charge is -2.20. The molecule has 0 bridgehead atoms. The first kappa shape index (κ1) is 21.5. The predicted octanol–water partition coefficient (Wildman–Crippen LogP) is 2.50. The van der Waals surface area contributed by atoms with Gasteiger partial charge in [-0.15, -0.1) is 0 Å². The Morgan fingerprint density at radius 3 is 2.32 bits per heavy atom. The van der Waals surface area contributed by atoms with Crippen LogP contribution in [0, 0.1) is 0 Å². The van der Waals surface area contributed by atoms with Crippen LogP contribution in [0.15, 0.2) is 23.2 Å². The SMILES string of the molecule is CCNC(=NCC(=O)NC(C)(C)C)NCC(O)c1cc(Cl)cc(Cl)c1. The van der Waals surface area contributed by atoms with Gasteiger partial charge in [0.15, 0.2) is 5.96 Å². The van der Waals surface area contributed by atoms with Crippen LogP contribution in [0.1, 0.15) is 39.4 Å². The molecule has 0 radical (unpaired) electrons. The number of benzene rings is 1. The first-order chi connectivity index (χ1) is 11.6. The molecule has 1 amide bonds. The predicted molar refractivity (Wildman–Crippen MR) is 103 cm³/mol. The lowest BCUT2D eigenvalue weighted by Crippen LogP contribution is -2.43. The minimum Gasteiger partial charge on any atom is -0.387 e. The highest BCUT2D eigenvalue weighted by atomic mass is 35.5. The van der Waals surface area contributed by atoms with E-state index in [-0.39, 0.29) is 24.5 Å². The highest BCUT2D eigenvalue weighted by molar-refractivity contribution is 6.34. The third-order valence-corrected chi connectivity index (χ3v) is 3.41. The first-order valence-electron chi connectivity index (χ1n) is 8.08. The maximum Gasteiger partial charge on any atom is 0.242 e. The van der Waals surface area contributed by atoms with Crippen molar-refractivity contribution < 1.29 is 9.90 Å². The van der Waals surface area contributed by atoms with Crippen LogP contribution in [0.25, 0.3) is 0 Å². The highest BCUT2D eigenvalue weighted by Gasteiger charge is 2.14. The normalized spacial score (nSPS) is 13.3. The molecule has 8 heteroatoms. The number of aliphatic imine (C=N–C) groups is 1. The summed E-state index contributed by atoms with van der Waals surface area (Å²) in [7, 11) is 0. The van der Waals surface area contributed by atoms with Gasteiger partial charge < -0.3 is 21.1 Å². The summed E-state index contributed by atoms with van der Waals surface area (Å²) in [4.78, 5) is 16.1. The van der Waals surface area contributed by atoms with Gasteiger partial charge >= 0.3 is 0 Å². The van der Waals surface area contributed by atoms with Crippen molar-refractivity contribution in [2.24, 2.45) is 4.99 Å². The molecule has 0 aliphatic heterocycles. The van der Waals surface area contributed by atoms with Gasteiger partial charge in [-0.1, -0.05) is 23.2 Å². The molecule has 1 rings (SSSR count). The van der Waals surface area contributed by atoms with Gasteiger partial charge in [0.05, 0.1) is 6.10 Å². The molecular weight excluding hydrogens is 363 g/mol. The van der Waals surface area contributed by atoms with Gasteiger partial charge in [-0.05, 0) is 51.5 Å². The second-order valence-corrected chi connectivity index (χ2v) is 7.47. The maximum atomic E-state index is 11.8. The average molecular weight is 389 g/mol. The fraction of sp³-hybridized carbons (Fsp3) is 0.529. The average Bonchev–Trinajstić information content (AvgIpc) is 2.47. The molecule has 0 heterocycles. The van der Waals surface area contributed by atoms with Gasteiger partial charge in [-0.25, -0.2) is 4.99 Å². The zero-order valence-corrected chi connectivity index (χ0v) is 16.5. The van der Waals surface area contributed by atoms with Crippen molar-refractivity contribution in [1.82, 2.24) is 16.0 Å². The van der Waals surface area contributed by atoms with Crippen molar-refractivity contribution in [1.29, 1.82) is 0 Å². The number of hydrogen-bond donors (Lipinski definition) is 4. The molecule has 0 saturated heterocycles. The Labute approximate surface area is 159 Å². The zero-order chi connectivity index (χ0) is 19.0. The van der Waals surface area contributed by atoms with Crippen LogP contribution in [-0.4, -0.2) is 42.1 Å². The van der Waals surface area contributed by atoms with E-state index in [0.29, 0.717) is 28.1 Å². The maximum absolute atomic E-state index is 11.8. The van der Waals surface area contributed by atoms with Crippen molar-refractivity contribution >= 4 is 35.1 Å². The number of carbonyl (C=O) groups is 1. The van der Waals surface area contributed by atoms with E-state index in [1.807, 2.05) is 27.7 Å². The van der Waals surface area contributed by atoms with Crippen molar-refractivity contribution in [2.75, 3.05) is 19.6 Å². The molecule has 25 heavy (non-hydrogen) atoms. The first-order valence-corrected chi connectivity index (χ1v) is 8.83. The molecule has 0 spiro atoms. The number of halogens is 2. The molecule has 6 nitrogen and oxygen atoms in total. The van der Waals surface area contributed by atoms with E-state index < -0.39 is 6.10 Å². The highest BCUT2D eigenvalue weighted by Crippen LogP contribution is 2.23. The van der Waals surface area contributed by atoms with Crippen LogP contribution < -0.4 is 16.0 Å². The second-order valence-electron chi connectivity index (χ2n) is 6.59. The number of aliphatic hydroxyl groups is 1. The van der Waals surface area contributed by atoms with Gasteiger partial charge in [0.2, 0.25) is 5.91 Å². The Kier molecular flexibility index (Phi) is 8.48. The molecule has 0 aliphatic rings. The Balaban J connectivity index is 2.65. The lowest BCUT2D eigenvalue weighted by atomic mass is 10.1. The summed E-state index contributed by atoms with van der Waals surface area (Å²) in [6.07, 6.45) is -0.816. The monoisotopic (exact) mass is 388 g/mol. The summed E-state index contributed by atoms with van der Waals surface area (Å²) in [6.45, 7) is 8.46. The smallest absolute Gasteiger partial charge is 0.242 e. The number of nitrogens with zero attached hydrogens (tertiary/aromatic N) is 1. The summed E-state index contributed by atoms with van der Waals surface area (Å²) in [5, 5.41) is 20.1. The number of nitrogens with one attached hydrogen (secondary N) is 3. The molecule has 0 fully saturated rings. The Bertz CT molecular complexity index is 595. The third-order valence-electron chi connectivity index (χ3n) is 2.97. The van der Waals surface area contributed by atoms with E-state index in [1.54, 1.807) is 18.2 Å². The standard InChI is InChI=1S/C17H26Cl2N4O2/c1-5-20-16(22-10-15(25)23-17(2,3)4)21-9-14(24)11-6-12(18)8-13(19)7-11/h6-8,14,24H,5,9-10H2,1-4H3,(H,23,25)(H2,20,21,22). The van der Waals surface area contributed by atoms with E-state index in [9.17, 15) is 9.90 Å². The topological polar surface area (TPSA) is 85.8 Å². The zero-order valence-electron chi connectivity index (χ0n) is 15.0. The fourth-order valence-electron chi connectivity index (χ4n) is 2.03. The minimum absolute atomic E-state index is 0.00824. The number of carbonyl (C=O) groups excluding carboxylic acids is 1. The van der Waals surface area contributed by atoms with Gasteiger partial charge in [-0.2, -0.15) is 0 Å². The summed E-state index contributed by atoms with van der Waals surface area (Å²) in [5.74, 6) is 0.269. The summed E-state index contributed by atoms with van der Waals surface area (Å²) in [6, 6.07) is 4.91. The molecule has 0 saturated carbocycles. The van der Waals surface area contributed by atoms with E-state index >= 15 is 0 Å². The lowest BCUT2D eigenvalue weighted by molar-refractivity contribution is -0.121. The number of guanidine groups is 1. The minimum atomic E-state index is -0.816. The summed E-state index contributed by atoms with van der Waals surface area (Å²) < 4.78 is 0. The quantitative estimate of drug-likeness (QED) is 0.445. The Morgan fingerprint density at radius 1 is 1.20 bits per heavy atom. The molecule has 1 aromatic rings. The summed E-state index contributed by atoms with van der Waals surface area (Å²) in [5.41, 5.74) is 0.298. The number of rotatable bonds is 6. The molecular formula is C17H26Cl2N4O2. The van der Waals surface area contributed by atoms with Crippen molar-refractivity contribution in [2.45, 2.75) is 39.3 Å². The van der Waals surface area contributed by atoms with E-state index in [2.05, 4.69) is 20.9 Å². The molecule has 1 atom stereocenters. The van der Waals surface area contributed by atoms with Gasteiger partial charge in [0.25, 0.3) is 0 Å². The van der Waals surface area contributed by atoms with Crippen molar-refractivity contribution in [3.8, 4) is 0 Å². The van der Waals surface area contributed by atoms with Crippen LogP contribution in [0.3, 0.4) is 0 Å². The Morgan fingerprint density at radius 2 is 1.80 bits per heavy atom. The molecule has 4 N–H and O–H groups in total. The van der Waals surface area contributed by atoms with Crippen molar-refractivity contribution in [3.05, 3.63) is 33.8 Å². The van der Waals surface area contributed by atoms with E-state index in [0.717, 1.165) is 0 Å². The van der Waals surface area contributed by atoms with Crippen LogP contribution in [0.4, 0.5) is 0 Å². The fourth-order valence-corrected chi connectivity index (χ4v) is 2.57. The summed E-state index contributed by atoms with van der Waals surface area (Å²) >= 11 is 11.9. The Hall–Kier alpha value is -1.50. The van der Waals surface area contributed by atoms with Crippen LogP contribution >= 0.6 is 23.2 Å². The molecule has 0 aromatic heterocycles. The largest absolute Gasteiger partial charge is 0.387 e. The van der Waals surface area contributed by atoms with Gasteiger partial charge in [0.1, 0.15) is 6.54 Å². The second kappa shape index (κ2) is 9.85.